The highest BCUT2D eigenvalue weighted by atomic mass is 16.2. The summed E-state index contributed by atoms with van der Waals surface area (Å²) in [7, 11) is 2.17. The monoisotopic (exact) mass is 494 g/mol. The van der Waals surface area contributed by atoms with Gasteiger partial charge in [-0.05, 0) is 41.4 Å². The van der Waals surface area contributed by atoms with Gasteiger partial charge in [0.05, 0.1) is 11.6 Å². The number of carbonyl (C=O) groups is 2. The van der Waals surface area contributed by atoms with Crippen molar-refractivity contribution in [3.05, 3.63) is 94.6 Å². The van der Waals surface area contributed by atoms with Crippen LogP contribution in [0.2, 0.25) is 0 Å². The normalized spacial score (nSPS) is 21.4. The van der Waals surface area contributed by atoms with Crippen molar-refractivity contribution in [1.29, 1.82) is 0 Å². The first-order valence-corrected chi connectivity index (χ1v) is 12.8. The lowest BCUT2D eigenvalue weighted by Gasteiger charge is -2.32. The van der Waals surface area contributed by atoms with Crippen LogP contribution in [0.3, 0.4) is 0 Å². The van der Waals surface area contributed by atoms with Gasteiger partial charge in [0.1, 0.15) is 0 Å². The highest BCUT2D eigenvalue weighted by Crippen LogP contribution is 2.34. The lowest BCUT2D eigenvalue weighted by atomic mass is 9.89. The number of hydrogen-bond acceptors (Lipinski definition) is 5. The van der Waals surface area contributed by atoms with Crippen LogP contribution in [-0.4, -0.2) is 59.9 Å². The molecule has 3 aliphatic heterocycles. The van der Waals surface area contributed by atoms with Crippen LogP contribution in [0, 0.1) is 5.92 Å². The first-order chi connectivity index (χ1) is 18.0. The van der Waals surface area contributed by atoms with Gasteiger partial charge in [-0.3, -0.25) is 9.69 Å². The van der Waals surface area contributed by atoms with Crippen molar-refractivity contribution >= 4 is 23.3 Å². The van der Waals surface area contributed by atoms with E-state index in [0.717, 1.165) is 43.9 Å². The van der Waals surface area contributed by atoms with Crippen LogP contribution in [0.5, 0.6) is 0 Å². The maximum absolute atomic E-state index is 13.0. The minimum Gasteiger partial charge on any atom is -0.316 e. The van der Waals surface area contributed by atoms with E-state index in [1.165, 1.54) is 16.7 Å². The zero-order valence-corrected chi connectivity index (χ0v) is 20.9. The highest BCUT2D eigenvalue weighted by molar-refractivity contribution is 5.92. The summed E-state index contributed by atoms with van der Waals surface area (Å²) in [5.74, 6) is -0.628. The predicted octanol–water partition coefficient (Wildman–Crippen LogP) is 4.43. The number of hydrogen-bond donors (Lipinski definition) is 1. The average Bonchev–Trinajstić information content (AvgIpc) is 3.35. The third kappa shape index (κ3) is 4.90. The number of amides is 3. The predicted molar refractivity (Wildman–Crippen MR) is 142 cm³/mol. The summed E-state index contributed by atoms with van der Waals surface area (Å²) in [6, 6.07) is 14.0. The number of benzene rings is 2. The van der Waals surface area contributed by atoms with Crippen LogP contribution >= 0.6 is 0 Å². The first kappa shape index (κ1) is 23.5. The molecule has 8 heteroatoms. The summed E-state index contributed by atoms with van der Waals surface area (Å²) in [5.41, 5.74) is 6.85. The summed E-state index contributed by atoms with van der Waals surface area (Å²) < 4.78 is 0. The van der Waals surface area contributed by atoms with E-state index in [9.17, 15) is 9.59 Å². The van der Waals surface area contributed by atoms with Gasteiger partial charge in [-0.2, -0.15) is 0 Å². The summed E-state index contributed by atoms with van der Waals surface area (Å²) in [6.45, 7) is 6.58. The maximum Gasteiger partial charge on any atom is 0.322 e. The Labute approximate surface area is 216 Å². The third-order valence-electron chi connectivity index (χ3n) is 7.51. The largest absolute Gasteiger partial charge is 0.322 e. The molecule has 0 aromatic heterocycles. The number of likely N-dealkylation sites (N-methyl/N-ethyl adjacent to an activating group) is 1. The minimum atomic E-state index is -0.379. The molecule has 4 aliphatic rings. The number of fused-ring (bicyclic) bond motifs is 2. The van der Waals surface area contributed by atoms with Gasteiger partial charge in [-0.1, -0.05) is 54.6 Å². The number of nitrogens with one attached hydrogen (secondary N) is 1. The fraction of sp³-hybridized carbons (Fsp3) is 0.310. The molecule has 1 unspecified atom stereocenters. The Balaban J connectivity index is 1.09. The van der Waals surface area contributed by atoms with Crippen LogP contribution < -0.4 is 5.32 Å². The molecule has 1 aliphatic carbocycles. The van der Waals surface area contributed by atoms with Crippen LogP contribution in [0.4, 0.5) is 10.5 Å². The van der Waals surface area contributed by atoms with Gasteiger partial charge in [0, 0.05) is 57.1 Å². The highest BCUT2D eigenvalue weighted by Gasteiger charge is 2.28. The van der Waals surface area contributed by atoms with Gasteiger partial charge in [0.2, 0.25) is 0 Å². The second kappa shape index (κ2) is 9.88. The molecule has 1 atom stereocenters. The first-order valence-electron chi connectivity index (χ1n) is 12.8. The molecule has 3 heterocycles. The van der Waals surface area contributed by atoms with Crippen molar-refractivity contribution in [2.24, 2.45) is 16.1 Å². The van der Waals surface area contributed by atoms with E-state index in [1.807, 2.05) is 53.5 Å². The Morgan fingerprint density at radius 1 is 0.973 bits per heavy atom. The van der Waals surface area contributed by atoms with E-state index in [0.29, 0.717) is 24.5 Å². The lowest BCUT2D eigenvalue weighted by Crippen LogP contribution is -2.43. The Hall–Kier alpha value is -3.88. The van der Waals surface area contributed by atoms with E-state index in [4.69, 9.17) is 0 Å². The average molecular weight is 495 g/mol. The number of azo groups is 1. The molecular formula is C29H30N6O2. The molecular weight excluding hydrogens is 464 g/mol. The molecule has 0 radical (unpaired) electrons. The Bertz CT molecular complexity index is 1350. The minimum absolute atomic E-state index is 0.116. The molecule has 0 saturated carbocycles. The van der Waals surface area contributed by atoms with Gasteiger partial charge in [0.25, 0.3) is 5.91 Å². The van der Waals surface area contributed by atoms with Crippen LogP contribution in [0.25, 0.3) is 5.70 Å². The summed E-state index contributed by atoms with van der Waals surface area (Å²) in [4.78, 5) is 31.8. The van der Waals surface area contributed by atoms with Crippen LogP contribution in [0.15, 0.2) is 82.6 Å². The van der Waals surface area contributed by atoms with Crippen molar-refractivity contribution in [2.45, 2.75) is 19.6 Å². The van der Waals surface area contributed by atoms with Crippen molar-refractivity contribution in [3.63, 3.8) is 0 Å². The molecule has 1 N–H and O–H groups in total. The van der Waals surface area contributed by atoms with Crippen molar-refractivity contribution < 1.29 is 9.59 Å². The molecule has 1 saturated heterocycles. The smallest absolute Gasteiger partial charge is 0.316 e. The van der Waals surface area contributed by atoms with Crippen molar-refractivity contribution in [3.8, 4) is 0 Å². The summed E-state index contributed by atoms with van der Waals surface area (Å²) in [6.07, 6.45) is 7.51. The Morgan fingerprint density at radius 3 is 2.57 bits per heavy atom. The van der Waals surface area contributed by atoms with E-state index in [2.05, 4.69) is 50.6 Å². The number of anilines is 1. The summed E-state index contributed by atoms with van der Waals surface area (Å²) >= 11 is 0. The molecule has 0 bridgehead atoms. The number of carbonyl (C=O) groups excluding carboxylic acids is 2. The number of urea groups is 1. The molecule has 37 heavy (non-hydrogen) atoms. The molecule has 0 spiro atoms. The molecule has 3 amide bonds. The van der Waals surface area contributed by atoms with Crippen LogP contribution in [0.1, 0.15) is 22.3 Å². The van der Waals surface area contributed by atoms with Gasteiger partial charge >= 0.3 is 6.03 Å². The molecule has 188 valence electrons. The topological polar surface area (TPSA) is 80.6 Å². The fourth-order valence-electron chi connectivity index (χ4n) is 5.29. The Morgan fingerprint density at radius 2 is 1.76 bits per heavy atom. The second-order valence-corrected chi connectivity index (χ2v) is 10.1. The number of nitrogens with zero attached hydrogens (tertiary/aromatic N) is 5. The zero-order chi connectivity index (χ0) is 25.4. The number of allylic oxidation sites excluding steroid dienone is 3. The number of piperazine rings is 1. The molecule has 2 aromatic carbocycles. The SMILES string of the molecule is CN1CCN(Cc2ccc3c(c2)CN(C(=O)Nc2ccc(C4=C5C=CC=CC5C(=O)N=N4)cc2)C3)CC1. The van der Waals surface area contributed by atoms with Gasteiger partial charge < -0.3 is 15.1 Å². The maximum atomic E-state index is 13.0. The van der Waals surface area contributed by atoms with E-state index < -0.39 is 0 Å². The molecule has 6 rings (SSSR count). The van der Waals surface area contributed by atoms with Gasteiger partial charge in [0.15, 0.2) is 0 Å². The molecule has 1 fully saturated rings. The van der Waals surface area contributed by atoms with E-state index in [1.54, 1.807) is 0 Å². The quantitative estimate of drug-likeness (QED) is 0.682. The van der Waals surface area contributed by atoms with E-state index >= 15 is 0 Å². The second-order valence-electron chi connectivity index (χ2n) is 10.1. The molecule has 2 aromatic rings. The Kier molecular flexibility index (Phi) is 6.28. The zero-order valence-electron chi connectivity index (χ0n) is 20.9. The van der Waals surface area contributed by atoms with Crippen molar-refractivity contribution in [1.82, 2.24) is 14.7 Å². The summed E-state index contributed by atoms with van der Waals surface area (Å²) in [5, 5.41) is 11.0. The van der Waals surface area contributed by atoms with Gasteiger partial charge in [-0.15, -0.1) is 10.2 Å². The standard InChI is InChI=1S/C29H30N6O2/c1-33-12-14-34(15-13-33)17-20-6-7-22-18-35(19-23(22)16-20)29(37)30-24-10-8-21(9-11-24)27-25-4-2-3-5-26(25)28(36)32-31-27/h2-11,16,26H,12-15,17-19H2,1H3,(H,30,37). The van der Waals surface area contributed by atoms with Crippen LogP contribution in [-0.2, 0) is 24.4 Å². The third-order valence-corrected chi connectivity index (χ3v) is 7.51. The van der Waals surface area contributed by atoms with Crippen molar-refractivity contribution in [2.75, 3.05) is 38.5 Å². The lowest BCUT2D eigenvalue weighted by molar-refractivity contribution is -0.119. The van der Waals surface area contributed by atoms with Gasteiger partial charge in [-0.25, -0.2) is 4.79 Å². The van der Waals surface area contributed by atoms with E-state index in [-0.39, 0.29) is 17.9 Å². The molecule has 8 nitrogen and oxygen atoms in total. The fourth-order valence-corrected chi connectivity index (χ4v) is 5.29. The number of rotatable bonds is 4.